The number of rotatable bonds is 12. The molecule has 4 aliphatic rings. The highest BCUT2D eigenvalue weighted by atomic mass is 16.7. The molecule has 1 aliphatic heterocycles. The summed E-state index contributed by atoms with van der Waals surface area (Å²) < 4.78 is 34.4. The normalized spacial score (nSPS) is 31.7. The van der Waals surface area contributed by atoms with Crippen LogP contribution in [0.15, 0.2) is 71.8 Å². The average Bonchev–Trinajstić information content (AvgIpc) is 3.19. The van der Waals surface area contributed by atoms with E-state index in [4.69, 9.17) is 28.4 Å². The molecule has 16 heteroatoms. The molecule has 320 valence electrons. The van der Waals surface area contributed by atoms with Gasteiger partial charge in [0.2, 0.25) is 0 Å². The number of ketones is 1. The molecule has 3 fully saturated rings. The van der Waals surface area contributed by atoms with E-state index in [9.17, 15) is 44.4 Å². The van der Waals surface area contributed by atoms with Crippen LogP contribution in [0.25, 0.3) is 0 Å². The number of carbonyl (C=O) groups excluding carboxylic acids is 5. The summed E-state index contributed by atoms with van der Waals surface area (Å²) in [6.45, 7) is 7.15. The van der Waals surface area contributed by atoms with Gasteiger partial charge < -0.3 is 54.2 Å². The zero-order chi connectivity index (χ0) is 42.9. The third-order valence-electron chi connectivity index (χ3n) is 12.4. The van der Waals surface area contributed by atoms with E-state index in [2.05, 4.69) is 5.32 Å². The van der Waals surface area contributed by atoms with E-state index in [1.165, 1.54) is 20.8 Å². The van der Waals surface area contributed by atoms with Crippen molar-refractivity contribution in [2.24, 2.45) is 17.3 Å². The minimum absolute atomic E-state index is 0.0776. The van der Waals surface area contributed by atoms with E-state index in [0.717, 1.165) is 13.3 Å². The Morgan fingerprint density at radius 3 is 2.25 bits per heavy atom. The summed E-state index contributed by atoms with van der Waals surface area (Å²) in [7, 11) is 0. The summed E-state index contributed by atoms with van der Waals surface area (Å²) in [5.74, 6) is -6.02. The molecule has 0 radical (unpaired) electrons. The van der Waals surface area contributed by atoms with Crippen LogP contribution in [0.5, 0.6) is 0 Å². The van der Waals surface area contributed by atoms with E-state index < -0.39 is 108 Å². The fraction of sp³-hybridized carbons (Fsp3) is 0.558. The van der Waals surface area contributed by atoms with Crippen molar-refractivity contribution in [2.45, 2.75) is 121 Å². The van der Waals surface area contributed by atoms with Gasteiger partial charge in [0.1, 0.15) is 36.6 Å². The second kappa shape index (κ2) is 17.4. The highest BCUT2D eigenvalue weighted by molar-refractivity contribution is 5.90. The van der Waals surface area contributed by atoms with Crippen LogP contribution in [0.1, 0.15) is 77.5 Å². The molecule has 2 aromatic carbocycles. The maximum Gasteiger partial charge on any atom is 0.508 e. The van der Waals surface area contributed by atoms with Gasteiger partial charge in [0.15, 0.2) is 17.5 Å². The molecule has 5 N–H and O–H groups in total. The SMILES string of the molecule is CCCCOC(=O)N[C@@H](c1ccccc1)[C@@H](O)C(=O)O[C@H]1C[C@@]2(O)[C@@H](OC(=O)OCc3ccccc3)C3C(C(=O)[C@H](O)C(=C1C)C2(C)C)[C@@H](O)CC1OC[C@]13OC(C)=O. The van der Waals surface area contributed by atoms with Crippen molar-refractivity contribution in [2.75, 3.05) is 13.2 Å². The first kappa shape index (κ1) is 43.7. The van der Waals surface area contributed by atoms with Gasteiger partial charge in [-0.25, -0.2) is 14.4 Å². The van der Waals surface area contributed by atoms with Crippen molar-refractivity contribution in [3.8, 4) is 0 Å². The molecule has 0 spiro atoms. The zero-order valence-corrected chi connectivity index (χ0v) is 33.7. The molecule has 1 amide bonds. The third kappa shape index (κ3) is 8.20. The summed E-state index contributed by atoms with van der Waals surface area (Å²) in [6.07, 6.45) is -11.4. The summed E-state index contributed by atoms with van der Waals surface area (Å²) in [5.41, 5.74) is -4.73. The summed E-state index contributed by atoms with van der Waals surface area (Å²) >= 11 is 0. The van der Waals surface area contributed by atoms with Gasteiger partial charge in [-0.1, -0.05) is 87.9 Å². The number of amides is 1. The van der Waals surface area contributed by atoms with Crippen molar-refractivity contribution >= 4 is 30.0 Å². The maximum absolute atomic E-state index is 14.6. The average molecular weight is 824 g/mol. The topological polar surface area (TPSA) is 234 Å². The molecule has 3 aliphatic carbocycles. The number of Topliss-reactive ketones (excluding diaryl/α,β-unsaturated/α-hetero) is 1. The van der Waals surface area contributed by atoms with E-state index in [1.54, 1.807) is 60.7 Å². The zero-order valence-electron chi connectivity index (χ0n) is 33.7. The highest BCUT2D eigenvalue weighted by Crippen LogP contribution is 2.60. The minimum atomic E-state index is -2.38. The quantitative estimate of drug-likeness (QED) is 0.0894. The Morgan fingerprint density at radius 1 is 0.983 bits per heavy atom. The molecule has 6 rings (SSSR count). The van der Waals surface area contributed by atoms with E-state index in [-0.39, 0.29) is 37.4 Å². The standard InChI is InChI=1S/C43H53NO15/c1-6-7-18-54-39(51)44-33(26-16-12-9-13-17-26)36(49)38(50)57-28-20-43(53)37(58-40(52)55-21-25-14-10-8-11-15-25)32-30(34(47)35(48)31(23(28)2)41(43,4)5)27(46)19-29-42(32,22-56-29)59-24(3)45/h8-17,27-30,32-33,35-37,46,48-49,53H,6-7,18-22H2,1-5H3,(H,44,51)/t27-,28-,29?,30?,32?,33-,35+,36+,37-,42-,43+/m0/s1. The van der Waals surface area contributed by atoms with Crippen molar-refractivity contribution in [1.29, 1.82) is 0 Å². The largest absolute Gasteiger partial charge is 0.508 e. The number of alkyl carbamates (subject to hydrolysis) is 1. The fourth-order valence-electron chi connectivity index (χ4n) is 9.32. The maximum atomic E-state index is 14.6. The summed E-state index contributed by atoms with van der Waals surface area (Å²) in [6, 6.07) is 15.5. The predicted octanol–water partition coefficient (Wildman–Crippen LogP) is 3.37. The van der Waals surface area contributed by atoms with Gasteiger partial charge in [-0.3, -0.25) is 9.59 Å². The molecule has 16 nitrogen and oxygen atoms in total. The Hall–Kier alpha value is -4.87. The Labute approximate surface area is 341 Å². The van der Waals surface area contributed by atoms with Crippen molar-refractivity contribution < 1.29 is 72.8 Å². The van der Waals surface area contributed by atoms with Gasteiger partial charge in [0.25, 0.3) is 0 Å². The Bertz CT molecular complexity index is 1920. The molecule has 1 saturated heterocycles. The second-order valence-electron chi connectivity index (χ2n) is 16.3. The number of aliphatic hydroxyl groups excluding tert-OH is 3. The fourth-order valence-corrected chi connectivity index (χ4v) is 9.32. The lowest BCUT2D eigenvalue weighted by atomic mass is 9.49. The number of hydrogen-bond acceptors (Lipinski definition) is 15. The third-order valence-corrected chi connectivity index (χ3v) is 12.4. The molecule has 2 saturated carbocycles. The van der Waals surface area contributed by atoms with Gasteiger partial charge >= 0.3 is 24.2 Å². The van der Waals surface area contributed by atoms with Crippen LogP contribution in [0, 0.1) is 17.3 Å². The van der Waals surface area contributed by atoms with Crippen molar-refractivity contribution in [3.05, 3.63) is 82.9 Å². The Balaban J connectivity index is 1.41. The first-order valence-electron chi connectivity index (χ1n) is 19.9. The van der Waals surface area contributed by atoms with E-state index in [1.807, 2.05) is 6.92 Å². The number of nitrogens with one attached hydrogen (secondary N) is 1. The molecule has 2 bridgehead atoms. The van der Waals surface area contributed by atoms with Gasteiger partial charge in [-0.15, -0.1) is 0 Å². The van der Waals surface area contributed by atoms with Gasteiger partial charge in [-0.2, -0.15) is 0 Å². The van der Waals surface area contributed by atoms with Crippen LogP contribution in [0.4, 0.5) is 9.59 Å². The smallest absolute Gasteiger partial charge is 0.456 e. The van der Waals surface area contributed by atoms with E-state index >= 15 is 0 Å². The molecule has 2 aromatic rings. The molecular weight excluding hydrogens is 770 g/mol. The monoisotopic (exact) mass is 823 g/mol. The van der Waals surface area contributed by atoms with Crippen LogP contribution < -0.4 is 5.32 Å². The van der Waals surface area contributed by atoms with Crippen LogP contribution in [0.3, 0.4) is 0 Å². The van der Waals surface area contributed by atoms with Gasteiger partial charge in [-0.05, 0) is 35.6 Å². The first-order valence-corrected chi connectivity index (χ1v) is 19.9. The highest BCUT2D eigenvalue weighted by Gasteiger charge is 2.74. The number of carbonyl (C=O) groups is 5. The molecule has 11 atom stereocenters. The van der Waals surface area contributed by atoms with Crippen LogP contribution in [-0.2, 0) is 49.4 Å². The van der Waals surface area contributed by atoms with Gasteiger partial charge in [0, 0.05) is 25.2 Å². The lowest BCUT2D eigenvalue weighted by Crippen LogP contribution is -2.79. The second-order valence-corrected chi connectivity index (χ2v) is 16.3. The summed E-state index contributed by atoms with van der Waals surface area (Å²) in [4.78, 5) is 67.9. The van der Waals surface area contributed by atoms with Gasteiger partial charge in [0.05, 0.1) is 37.2 Å². The van der Waals surface area contributed by atoms with Crippen molar-refractivity contribution in [1.82, 2.24) is 5.32 Å². The first-order chi connectivity index (χ1) is 28.0. The van der Waals surface area contributed by atoms with Crippen molar-refractivity contribution in [3.63, 3.8) is 0 Å². The molecule has 59 heavy (non-hydrogen) atoms. The number of fused-ring (bicyclic) bond motifs is 5. The van der Waals surface area contributed by atoms with Crippen LogP contribution in [0.2, 0.25) is 0 Å². The number of aliphatic hydroxyl groups is 4. The van der Waals surface area contributed by atoms with E-state index in [0.29, 0.717) is 17.5 Å². The number of ether oxygens (including phenoxy) is 6. The molecule has 3 unspecified atom stereocenters. The number of benzene rings is 2. The number of unbranched alkanes of at least 4 members (excludes halogenated alkanes) is 1. The van der Waals surface area contributed by atoms with Crippen LogP contribution in [-0.4, -0.2) is 111 Å². The van der Waals surface area contributed by atoms with Crippen LogP contribution >= 0.6 is 0 Å². The lowest BCUT2D eigenvalue weighted by molar-refractivity contribution is -0.333. The molecule has 1 heterocycles. The molecular formula is C43H53NO15. The Kier molecular flexibility index (Phi) is 12.9. The lowest BCUT2D eigenvalue weighted by Gasteiger charge is -2.64. The Morgan fingerprint density at radius 2 is 1.64 bits per heavy atom. The summed E-state index contributed by atoms with van der Waals surface area (Å²) in [5, 5.41) is 50.9. The number of esters is 2. The molecule has 0 aromatic heterocycles. The predicted molar refractivity (Wildman–Crippen MR) is 205 cm³/mol. The number of hydrogen-bond donors (Lipinski definition) is 5. The minimum Gasteiger partial charge on any atom is -0.456 e.